The summed E-state index contributed by atoms with van der Waals surface area (Å²) in [4.78, 5) is 37.3. The maximum atomic E-state index is 13.1. The first-order valence-corrected chi connectivity index (χ1v) is 13.2. The van der Waals surface area contributed by atoms with Gasteiger partial charge < -0.3 is 28.8 Å². The molecule has 9 nitrogen and oxygen atoms in total. The van der Waals surface area contributed by atoms with Crippen molar-refractivity contribution in [3.8, 4) is 5.75 Å². The van der Waals surface area contributed by atoms with Gasteiger partial charge in [-0.1, -0.05) is 26.0 Å². The van der Waals surface area contributed by atoms with Gasteiger partial charge in [-0.2, -0.15) is 0 Å². The predicted octanol–water partition coefficient (Wildman–Crippen LogP) is 5.02. The summed E-state index contributed by atoms with van der Waals surface area (Å²) >= 11 is 0. The van der Waals surface area contributed by atoms with Crippen LogP contribution in [0.4, 0.5) is 4.79 Å². The van der Waals surface area contributed by atoms with Gasteiger partial charge in [0.15, 0.2) is 5.75 Å². The van der Waals surface area contributed by atoms with Crippen LogP contribution in [0.15, 0.2) is 18.2 Å². The van der Waals surface area contributed by atoms with Crippen LogP contribution in [0.2, 0.25) is 0 Å². The summed E-state index contributed by atoms with van der Waals surface area (Å²) in [5.41, 5.74) is -1.36. The maximum Gasteiger partial charge on any atom is 0.514 e. The van der Waals surface area contributed by atoms with E-state index in [2.05, 4.69) is 26.1 Å². The molecule has 2 fully saturated rings. The summed E-state index contributed by atoms with van der Waals surface area (Å²) < 4.78 is 29.3. The van der Waals surface area contributed by atoms with Gasteiger partial charge in [-0.25, -0.2) is 9.59 Å². The van der Waals surface area contributed by atoms with Crippen molar-refractivity contribution in [1.29, 1.82) is 0 Å². The Labute approximate surface area is 226 Å². The third kappa shape index (κ3) is 7.73. The molecule has 0 spiro atoms. The average Bonchev–Trinajstić information content (AvgIpc) is 3.06. The number of hydrogen-bond donors (Lipinski definition) is 1. The van der Waals surface area contributed by atoms with Crippen LogP contribution < -0.4 is 10.1 Å². The molecule has 0 bridgehead atoms. The molecule has 1 N–H and O–H groups in total. The minimum atomic E-state index is -0.955. The van der Waals surface area contributed by atoms with Crippen LogP contribution in [0.3, 0.4) is 0 Å². The minimum Gasteiger partial charge on any atom is -0.456 e. The smallest absolute Gasteiger partial charge is 0.456 e. The van der Waals surface area contributed by atoms with Gasteiger partial charge in [0, 0.05) is 0 Å². The highest BCUT2D eigenvalue weighted by molar-refractivity contribution is 6.47. The zero-order chi connectivity index (χ0) is 28.5. The monoisotopic (exact) mass is 531 g/mol. The van der Waals surface area contributed by atoms with E-state index in [9.17, 15) is 14.4 Å². The molecule has 1 saturated heterocycles. The predicted molar refractivity (Wildman–Crippen MR) is 143 cm³/mol. The van der Waals surface area contributed by atoms with Crippen LogP contribution in [-0.4, -0.2) is 54.5 Å². The summed E-state index contributed by atoms with van der Waals surface area (Å²) in [6.07, 6.45) is 2.42. The molecular weight excluding hydrogens is 489 g/mol. The topological polar surface area (TPSA) is 109 Å². The standard InChI is InChI=1S/C28H42BNO8/c1-25(2,3)35-23(32)19-12-10-11-18(22(19)34-24(33)36-26(4,5)6)15-21(30-17-31)29-37-20-13-14-27(7,8)16-28(20,9)38-29/h10-12,17,20-21H,13-16H2,1-9H3,(H,30,31). The number of carbonyl (C=O) groups is 3. The highest BCUT2D eigenvalue weighted by atomic mass is 16.7. The second kappa shape index (κ2) is 10.9. The summed E-state index contributed by atoms with van der Waals surface area (Å²) in [6.45, 7) is 16.9. The number of esters is 1. The van der Waals surface area contributed by atoms with Crippen LogP contribution in [0.5, 0.6) is 5.75 Å². The van der Waals surface area contributed by atoms with Crippen LogP contribution in [-0.2, 0) is 30.0 Å². The molecule has 38 heavy (non-hydrogen) atoms. The second-order valence-corrected chi connectivity index (χ2v) is 13.3. The molecule has 3 atom stereocenters. The number of benzene rings is 1. The number of para-hydroxylation sites is 1. The summed E-state index contributed by atoms with van der Waals surface area (Å²) in [5.74, 6) is -1.24. The Bertz CT molecular complexity index is 1040. The van der Waals surface area contributed by atoms with Crippen molar-refractivity contribution < 1.29 is 37.9 Å². The number of rotatable bonds is 7. The van der Waals surface area contributed by atoms with E-state index in [-0.39, 0.29) is 29.3 Å². The lowest BCUT2D eigenvalue weighted by atomic mass is 9.69. The first-order valence-electron chi connectivity index (χ1n) is 13.2. The van der Waals surface area contributed by atoms with Gasteiger partial charge in [0.05, 0.1) is 17.6 Å². The molecule has 3 unspecified atom stereocenters. The molecule has 1 aromatic rings. The van der Waals surface area contributed by atoms with Crippen LogP contribution in [0.25, 0.3) is 0 Å². The van der Waals surface area contributed by atoms with Gasteiger partial charge in [-0.05, 0) is 91.2 Å². The van der Waals surface area contributed by atoms with Crippen molar-refractivity contribution in [3.05, 3.63) is 29.3 Å². The van der Waals surface area contributed by atoms with Crippen molar-refractivity contribution in [1.82, 2.24) is 5.32 Å². The number of nitrogens with one attached hydrogen (secondary N) is 1. The van der Waals surface area contributed by atoms with Crippen molar-refractivity contribution in [2.75, 3.05) is 0 Å². The summed E-state index contributed by atoms with van der Waals surface area (Å²) in [5, 5.41) is 2.81. The Morgan fingerprint density at radius 3 is 2.39 bits per heavy atom. The molecule has 0 aromatic heterocycles. The van der Waals surface area contributed by atoms with E-state index in [4.69, 9.17) is 23.5 Å². The van der Waals surface area contributed by atoms with E-state index in [0.717, 1.165) is 19.3 Å². The van der Waals surface area contributed by atoms with Gasteiger partial charge in [-0.3, -0.25) is 4.79 Å². The van der Waals surface area contributed by atoms with E-state index < -0.39 is 42.0 Å². The third-order valence-electron chi connectivity index (χ3n) is 6.62. The molecule has 10 heteroatoms. The van der Waals surface area contributed by atoms with Gasteiger partial charge in [0.2, 0.25) is 6.41 Å². The Morgan fingerprint density at radius 2 is 1.79 bits per heavy atom. The molecule has 1 aromatic carbocycles. The van der Waals surface area contributed by atoms with Crippen molar-refractivity contribution in [2.45, 2.75) is 117 Å². The van der Waals surface area contributed by atoms with Crippen molar-refractivity contribution >= 4 is 25.7 Å². The van der Waals surface area contributed by atoms with E-state index in [1.165, 1.54) is 6.07 Å². The Balaban J connectivity index is 1.93. The number of fused-ring (bicyclic) bond motifs is 1. The van der Waals surface area contributed by atoms with E-state index in [1.807, 2.05) is 0 Å². The highest BCUT2D eigenvalue weighted by Gasteiger charge is 2.55. The average molecular weight is 531 g/mol. The Hall–Kier alpha value is -2.59. The quantitative estimate of drug-likeness (QED) is 0.226. The number of carbonyl (C=O) groups excluding carboxylic acids is 3. The molecule has 1 saturated carbocycles. The lowest BCUT2D eigenvalue weighted by Crippen LogP contribution is -2.47. The number of hydrogen-bond acceptors (Lipinski definition) is 8. The van der Waals surface area contributed by atoms with Crippen LogP contribution >= 0.6 is 0 Å². The zero-order valence-electron chi connectivity index (χ0n) is 24.1. The van der Waals surface area contributed by atoms with Gasteiger partial charge >= 0.3 is 19.2 Å². The summed E-state index contributed by atoms with van der Waals surface area (Å²) in [6, 6.07) is 4.92. The van der Waals surface area contributed by atoms with Gasteiger partial charge in [0.25, 0.3) is 0 Å². The lowest BCUT2D eigenvalue weighted by Gasteiger charge is -2.43. The zero-order valence-corrected chi connectivity index (χ0v) is 24.1. The lowest BCUT2D eigenvalue weighted by molar-refractivity contribution is -0.109. The van der Waals surface area contributed by atoms with E-state index >= 15 is 0 Å². The Kier molecular flexibility index (Phi) is 8.58. The molecular formula is C28H42BNO8. The number of ether oxygens (including phenoxy) is 3. The fourth-order valence-electron chi connectivity index (χ4n) is 5.21. The van der Waals surface area contributed by atoms with Gasteiger partial charge in [-0.15, -0.1) is 0 Å². The molecule has 1 aliphatic carbocycles. The van der Waals surface area contributed by atoms with Crippen molar-refractivity contribution in [3.63, 3.8) is 0 Å². The fourth-order valence-corrected chi connectivity index (χ4v) is 5.21. The fraction of sp³-hybridized carbons (Fsp3) is 0.679. The summed E-state index contributed by atoms with van der Waals surface area (Å²) in [7, 11) is -0.719. The molecule has 3 rings (SSSR count). The van der Waals surface area contributed by atoms with Crippen LogP contribution in [0, 0.1) is 5.41 Å². The second-order valence-electron chi connectivity index (χ2n) is 13.3. The molecule has 1 aliphatic heterocycles. The minimum absolute atomic E-state index is 0.0106. The van der Waals surface area contributed by atoms with Crippen LogP contribution in [0.1, 0.15) is 97.5 Å². The first kappa shape index (κ1) is 30.0. The SMILES string of the molecule is CC1(C)CCC2OB(C(Cc3cccc(C(=O)OC(C)(C)C)c3OC(=O)OC(C)(C)C)NC=O)OC2(C)C1. The largest absolute Gasteiger partial charge is 0.514 e. The first-order chi connectivity index (χ1) is 17.4. The molecule has 2 aliphatic rings. The molecule has 0 radical (unpaired) electrons. The Morgan fingerprint density at radius 1 is 1.13 bits per heavy atom. The molecule has 1 heterocycles. The molecule has 210 valence electrons. The maximum absolute atomic E-state index is 13.1. The molecule has 1 amide bonds. The van der Waals surface area contributed by atoms with Gasteiger partial charge in [0.1, 0.15) is 16.8 Å². The van der Waals surface area contributed by atoms with E-state index in [0.29, 0.717) is 12.0 Å². The number of amides is 1. The van der Waals surface area contributed by atoms with E-state index in [1.54, 1.807) is 53.7 Å². The third-order valence-corrected chi connectivity index (χ3v) is 6.62. The normalized spacial score (nSPS) is 23.7. The highest BCUT2D eigenvalue weighted by Crippen LogP contribution is 2.48. The van der Waals surface area contributed by atoms with Crippen molar-refractivity contribution in [2.24, 2.45) is 5.41 Å².